The summed E-state index contributed by atoms with van der Waals surface area (Å²) < 4.78 is 0. The number of rotatable bonds is 5. The lowest BCUT2D eigenvalue weighted by Gasteiger charge is -2.17. The Kier molecular flexibility index (Phi) is 3.98. The Bertz CT molecular complexity index is 470. The summed E-state index contributed by atoms with van der Waals surface area (Å²) in [7, 11) is 3.86. The molecular formula is C15H23N3O. The fourth-order valence-electron chi connectivity index (χ4n) is 2.49. The van der Waals surface area contributed by atoms with Crippen LogP contribution in [-0.4, -0.2) is 26.0 Å². The van der Waals surface area contributed by atoms with Gasteiger partial charge in [0, 0.05) is 31.5 Å². The number of nitrogen functional groups attached to an aromatic ring is 1. The minimum atomic E-state index is -0.0143. The van der Waals surface area contributed by atoms with E-state index >= 15 is 0 Å². The number of carbonyl (C=O) groups is 1. The number of benzene rings is 1. The van der Waals surface area contributed by atoms with Crippen molar-refractivity contribution in [1.29, 1.82) is 0 Å². The number of hydrogen-bond acceptors (Lipinski definition) is 3. The van der Waals surface area contributed by atoms with E-state index in [2.05, 4.69) is 12.2 Å². The van der Waals surface area contributed by atoms with Crippen LogP contribution in [0.15, 0.2) is 18.2 Å². The van der Waals surface area contributed by atoms with Crippen molar-refractivity contribution in [3.63, 3.8) is 0 Å². The zero-order valence-electron chi connectivity index (χ0n) is 11.9. The Labute approximate surface area is 115 Å². The fraction of sp³-hybridized carbons (Fsp3) is 0.533. The highest BCUT2D eigenvalue weighted by atomic mass is 16.1. The second kappa shape index (κ2) is 5.51. The van der Waals surface area contributed by atoms with Crippen molar-refractivity contribution in [1.82, 2.24) is 5.32 Å². The highest BCUT2D eigenvalue weighted by molar-refractivity contribution is 6.01. The fourth-order valence-corrected chi connectivity index (χ4v) is 2.49. The minimum absolute atomic E-state index is 0.0143. The average molecular weight is 261 g/mol. The molecule has 0 aliphatic heterocycles. The molecule has 0 bridgehead atoms. The highest BCUT2D eigenvalue weighted by Gasteiger charge is 2.37. The van der Waals surface area contributed by atoms with Gasteiger partial charge < -0.3 is 16.0 Å². The van der Waals surface area contributed by atoms with Gasteiger partial charge in [-0.25, -0.2) is 0 Å². The van der Waals surface area contributed by atoms with E-state index in [1.807, 2.05) is 31.1 Å². The molecule has 104 valence electrons. The monoisotopic (exact) mass is 261 g/mol. The molecule has 0 heterocycles. The molecule has 2 rings (SSSR count). The third kappa shape index (κ3) is 3.19. The summed E-state index contributed by atoms with van der Waals surface area (Å²) in [6.45, 7) is 2.18. The van der Waals surface area contributed by atoms with Crippen LogP contribution in [0.1, 0.15) is 36.5 Å². The second-order valence-electron chi connectivity index (χ2n) is 5.54. The quantitative estimate of drug-likeness (QED) is 0.799. The molecule has 1 saturated carbocycles. The molecule has 1 aliphatic rings. The molecule has 4 heteroatoms. The SMILES string of the molecule is CCCC1CC1NC(=O)c1cc(N)ccc1N(C)C. The smallest absolute Gasteiger partial charge is 0.253 e. The van der Waals surface area contributed by atoms with Crippen LogP contribution in [0.5, 0.6) is 0 Å². The Morgan fingerprint density at radius 2 is 2.21 bits per heavy atom. The molecule has 2 atom stereocenters. The van der Waals surface area contributed by atoms with Crippen molar-refractivity contribution in [3.8, 4) is 0 Å². The van der Waals surface area contributed by atoms with E-state index < -0.39 is 0 Å². The van der Waals surface area contributed by atoms with E-state index in [1.54, 1.807) is 6.07 Å². The molecule has 1 amide bonds. The first-order valence-electron chi connectivity index (χ1n) is 6.90. The van der Waals surface area contributed by atoms with E-state index in [4.69, 9.17) is 5.73 Å². The van der Waals surface area contributed by atoms with Crippen LogP contribution in [-0.2, 0) is 0 Å². The van der Waals surface area contributed by atoms with Gasteiger partial charge in [0.25, 0.3) is 5.91 Å². The van der Waals surface area contributed by atoms with Crippen LogP contribution in [0.2, 0.25) is 0 Å². The molecular weight excluding hydrogens is 238 g/mol. The van der Waals surface area contributed by atoms with Crippen LogP contribution < -0.4 is 16.0 Å². The molecule has 1 aromatic rings. The van der Waals surface area contributed by atoms with E-state index in [9.17, 15) is 4.79 Å². The first kappa shape index (κ1) is 13.7. The van der Waals surface area contributed by atoms with Crippen molar-refractivity contribution in [2.75, 3.05) is 24.7 Å². The van der Waals surface area contributed by atoms with Gasteiger partial charge in [-0.3, -0.25) is 4.79 Å². The van der Waals surface area contributed by atoms with E-state index in [0.717, 1.165) is 12.1 Å². The largest absolute Gasteiger partial charge is 0.399 e. The number of nitrogens with one attached hydrogen (secondary N) is 1. The van der Waals surface area contributed by atoms with Gasteiger partial charge in [-0.05, 0) is 37.0 Å². The molecule has 2 unspecified atom stereocenters. The van der Waals surface area contributed by atoms with Crippen LogP contribution >= 0.6 is 0 Å². The Morgan fingerprint density at radius 3 is 2.84 bits per heavy atom. The summed E-state index contributed by atoms with van der Waals surface area (Å²) in [6, 6.07) is 5.81. The molecule has 1 aromatic carbocycles. The van der Waals surface area contributed by atoms with Crippen molar-refractivity contribution < 1.29 is 4.79 Å². The van der Waals surface area contributed by atoms with Gasteiger partial charge in [-0.2, -0.15) is 0 Å². The highest BCUT2D eigenvalue weighted by Crippen LogP contribution is 2.35. The first-order valence-corrected chi connectivity index (χ1v) is 6.90. The number of anilines is 2. The standard InChI is InChI=1S/C15H23N3O/c1-4-5-10-8-13(10)17-15(19)12-9-11(16)6-7-14(12)18(2)3/h6-7,9-10,13H,4-5,8,16H2,1-3H3,(H,17,19). The lowest BCUT2D eigenvalue weighted by Crippen LogP contribution is -2.28. The maximum absolute atomic E-state index is 12.3. The zero-order valence-corrected chi connectivity index (χ0v) is 11.9. The zero-order chi connectivity index (χ0) is 14.0. The lowest BCUT2D eigenvalue weighted by atomic mass is 10.1. The van der Waals surface area contributed by atoms with Gasteiger partial charge >= 0.3 is 0 Å². The number of amides is 1. The Balaban J connectivity index is 2.08. The van der Waals surface area contributed by atoms with Crippen molar-refractivity contribution >= 4 is 17.3 Å². The molecule has 0 aromatic heterocycles. The molecule has 4 nitrogen and oxygen atoms in total. The van der Waals surface area contributed by atoms with E-state index in [-0.39, 0.29) is 5.91 Å². The van der Waals surface area contributed by atoms with Crippen molar-refractivity contribution in [3.05, 3.63) is 23.8 Å². The van der Waals surface area contributed by atoms with Gasteiger partial charge in [-0.1, -0.05) is 13.3 Å². The maximum Gasteiger partial charge on any atom is 0.253 e. The molecule has 3 N–H and O–H groups in total. The summed E-state index contributed by atoms with van der Waals surface area (Å²) >= 11 is 0. The van der Waals surface area contributed by atoms with E-state index in [1.165, 1.54) is 12.8 Å². The van der Waals surface area contributed by atoms with Crippen LogP contribution in [0, 0.1) is 5.92 Å². The molecule has 19 heavy (non-hydrogen) atoms. The minimum Gasteiger partial charge on any atom is -0.399 e. The lowest BCUT2D eigenvalue weighted by molar-refractivity contribution is 0.0949. The van der Waals surface area contributed by atoms with E-state index in [0.29, 0.717) is 23.2 Å². The Morgan fingerprint density at radius 1 is 1.47 bits per heavy atom. The number of hydrogen-bond donors (Lipinski definition) is 2. The normalized spacial score (nSPS) is 21.0. The maximum atomic E-state index is 12.3. The third-order valence-electron chi connectivity index (χ3n) is 3.65. The number of nitrogens with zero attached hydrogens (tertiary/aromatic N) is 1. The third-order valence-corrected chi connectivity index (χ3v) is 3.65. The summed E-state index contributed by atoms with van der Waals surface area (Å²) in [5, 5.41) is 3.11. The molecule has 0 radical (unpaired) electrons. The molecule has 0 spiro atoms. The summed E-state index contributed by atoms with van der Waals surface area (Å²) in [4.78, 5) is 14.3. The predicted molar refractivity (Wildman–Crippen MR) is 79.5 cm³/mol. The predicted octanol–water partition coefficient (Wildman–Crippen LogP) is 2.25. The topological polar surface area (TPSA) is 58.4 Å². The summed E-state index contributed by atoms with van der Waals surface area (Å²) in [6.07, 6.45) is 3.49. The number of nitrogens with two attached hydrogens (primary N) is 1. The van der Waals surface area contributed by atoms with Crippen LogP contribution in [0.3, 0.4) is 0 Å². The molecule has 1 aliphatic carbocycles. The van der Waals surface area contributed by atoms with Gasteiger partial charge in [0.15, 0.2) is 0 Å². The van der Waals surface area contributed by atoms with Crippen molar-refractivity contribution in [2.24, 2.45) is 5.92 Å². The second-order valence-corrected chi connectivity index (χ2v) is 5.54. The first-order chi connectivity index (χ1) is 9.02. The van der Waals surface area contributed by atoms with Gasteiger partial charge in [0.1, 0.15) is 0 Å². The Hall–Kier alpha value is -1.71. The summed E-state index contributed by atoms with van der Waals surface area (Å²) in [5.41, 5.74) is 7.97. The molecule has 1 fully saturated rings. The average Bonchev–Trinajstić information content (AvgIpc) is 3.07. The van der Waals surface area contributed by atoms with Crippen LogP contribution in [0.25, 0.3) is 0 Å². The summed E-state index contributed by atoms with van der Waals surface area (Å²) in [5.74, 6) is 0.650. The van der Waals surface area contributed by atoms with Gasteiger partial charge in [0.05, 0.1) is 5.56 Å². The molecule has 0 saturated heterocycles. The van der Waals surface area contributed by atoms with Gasteiger partial charge in [-0.15, -0.1) is 0 Å². The number of carbonyl (C=O) groups excluding carboxylic acids is 1. The van der Waals surface area contributed by atoms with Crippen molar-refractivity contribution in [2.45, 2.75) is 32.2 Å². The van der Waals surface area contributed by atoms with Gasteiger partial charge in [0.2, 0.25) is 0 Å². The van der Waals surface area contributed by atoms with Crippen LogP contribution in [0.4, 0.5) is 11.4 Å².